The Bertz CT molecular complexity index is 565. The predicted molar refractivity (Wildman–Crippen MR) is 70.7 cm³/mol. The van der Waals surface area contributed by atoms with Crippen molar-refractivity contribution in [3.63, 3.8) is 0 Å². The smallest absolute Gasteiger partial charge is 0.158 e. The van der Waals surface area contributed by atoms with E-state index >= 15 is 0 Å². The van der Waals surface area contributed by atoms with Gasteiger partial charge in [0.15, 0.2) is 5.82 Å². The van der Waals surface area contributed by atoms with E-state index in [9.17, 15) is 0 Å². The van der Waals surface area contributed by atoms with Crippen LogP contribution in [-0.2, 0) is 6.42 Å². The lowest BCUT2D eigenvalue weighted by molar-refractivity contribution is 0.779. The third-order valence-electron chi connectivity index (χ3n) is 2.46. The highest BCUT2D eigenvalue weighted by molar-refractivity contribution is 9.10. The summed E-state index contributed by atoms with van der Waals surface area (Å²) in [7, 11) is 0. The number of aromatic nitrogens is 4. The van der Waals surface area contributed by atoms with Crippen molar-refractivity contribution in [2.45, 2.75) is 27.2 Å². The van der Waals surface area contributed by atoms with Crippen LogP contribution in [0.15, 0.2) is 10.7 Å². The van der Waals surface area contributed by atoms with Crippen LogP contribution >= 0.6 is 27.5 Å². The molecule has 2 aromatic heterocycles. The molecule has 0 aliphatic heterocycles. The molecule has 0 fully saturated rings. The number of halogens is 2. The first-order chi connectivity index (χ1) is 8.02. The largest absolute Gasteiger partial charge is 0.226 e. The standard InChI is InChI=1S/C11H12BrClN4/c1-4-9-14-8(12)5-10(15-9)17-7(3)11(13)6(2)16-17/h5H,4H2,1-3H3. The first-order valence-corrected chi connectivity index (χ1v) is 6.45. The summed E-state index contributed by atoms with van der Waals surface area (Å²) in [6, 6.07) is 1.83. The summed E-state index contributed by atoms with van der Waals surface area (Å²) in [5.41, 5.74) is 1.69. The summed E-state index contributed by atoms with van der Waals surface area (Å²) < 4.78 is 2.49. The third kappa shape index (κ3) is 2.35. The highest BCUT2D eigenvalue weighted by Gasteiger charge is 2.12. The van der Waals surface area contributed by atoms with Gasteiger partial charge in [-0.05, 0) is 29.8 Å². The Labute approximate surface area is 113 Å². The molecule has 0 unspecified atom stereocenters. The van der Waals surface area contributed by atoms with Gasteiger partial charge in [-0.1, -0.05) is 18.5 Å². The molecule has 0 aromatic carbocycles. The van der Waals surface area contributed by atoms with E-state index in [1.165, 1.54) is 0 Å². The average Bonchev–Trinajstić information content (AvgIpc) is 2.56. The van der Waals surface area contributed by atoms with Gasteiger partial charge in [-0.15, -0.1) is 0 Å². The molecule has 2 aromatic rings. The van der Waals surface area contributed by atoms with E-state index in [0.29, 0.717) is 5.02 Å². The van der Waals surface area contributed by atoms with Gasteiger partial charge in [0.1, 0.15) is 10.4 Å². The lowest BCUT2D eigenvalue weighted by Gasteiger charge is -2.05. The van der Waals surface area contributed by atoms with Crippen LogP contribution in [0, 0.1) is 13.8 Å². The van der Waals surface area contributed by atoms with Gasteiger partial charge in [-0.3, -0.25) is 0 Å². The molecule has 0 atom stereocenters. The Morgan fingerprint density at radius 1 is 1.35 bits per heavy atom. The van der Waals surface area contributed by atoms with Crippen molar-refractivity contribution in [2.75, 3.05) is 0 Å². The van der Waals surface area contributed by atoms with Crippen LogP contribution in [0.3, 0.4) is 0 Å². The zero-order valence-corrected chi connectivity index (χ0v) is 12.2. The molecule has 90 valence electrons. The molecular formula is C11H12BrClN4. The van der Waals surface area contributed by atoms with Crippen molar-refractivity contribution in [3.8, 4) is 5.82 Å². The monoisotopic (exact) mass is 314 g/mol. The van der Waals surface area contributed by atoms with Gasteiger partial charge in [0.2, 0.25) is 0 Å². The molecular weight excluding hydrogens is 304 g/mol. The average molecular weight is 316 g/mol. The van der Waals surface area contributed by atoms with Crippen molar-refractivity contribution in [1.82, 2.24) is 19.7 Å². The maximum Gasteiger partial charge on any atom is 0.158 e. The molecule has 0 spiro atoms. The number of hydrogen-bond donors (Lipinski definition) is 0. The van der Waals surface area contributed by atoms with Gasteiger partial charge in [-0.2, -0.15) is 5.10 Å². The van der Waals surface area contributed by atoms with Crippen LogP contribution in [0.4, 0.5) is 0 Å². The van der Waals surface area contributed by atoms with E-state index < -0.39 is 0 Å². The zero-order valence-electron chi connectivity index (χ0n) is 9.83. The van der Waals surface area contributed by atoms with Crippen LogP contribution in [0.25, 0.3) is 5.82 Å². The van der Waals surface area contributed by atoms with E-state index in [2.05, 4.69) is 31.0 Å². The van der Waals surface area contributed by atoms with Crippen molar-refractivity contribution < 1.29 is 0 Å². The van der Waals surface area contributed by atoms with Crippen LogP contribution in [0.1, 0.15) is 24.1 Å². The second-order valence-electron chi connectivity index (χ2n) is 3.72. The van der Waals surface area contributed by atoms with E-state index in [1.54, 1.807) is 4.68 Å². The molecule has 0 aliphatic rings. The molecule has 2 rings (SSSR count). The molecule has 0 amide bonds. The molecule has 0 saturated heterocycles. The van der Waals surface area contributed by atoms with Crippen LogP contribution in [0.5, 0.6) is 0 Å². The summed E-state index contributed by atoms with van der Waals surface area (Å²) in [5, 5.41) is 5.05. The first kappa shape index (κ1) is 12.5. The molecule has 0 bridgehead atoms. The Hall–Kier alpha value is -0.940. The van der Waals surface area contributed by atoms with Gasteiger partial charge in [0.25, 0.3) is 0 Å². The Balaban J connectivity index is 2.59. The van der Waals surface area contributed by atoms with Crippen molar-refractivity contribution in [2.24, 2.45) is 0 Å². The number of rotatable bonds is 2. The Morgan fingerprint density at radius 3 is 2.59 bits per heavy atom. The summed E-state index contributed by atoms with van der Waals surface area (Å²) in [5.74, 6) is 1.51. The van der Waals surface area contributed by atoms with Crippen LogP contribution in [-0.4, -0.2) is 19.7 Å². The van der Waals surface area contributed by atoms with Crippen LogP contribution in [0.2, 0.25) is 5.02 Å². The maximum atomic E-state index is 6.12. The second kappa shape index (κ2) is 4.74. The fraction of sp³-hybridized carbons (Fsp3) is 0.364. The molecule has 0 radical (unpaired) electrons. The zero-order chi connectivity index (χ0) is 12.6. The van der Waals surface area contributed by atoms with Gasteiger partial charge >= 0.3 is 0 Å². The Kier molecular flexibility index (Phi) is 3.49. The van der Waals surface area contributed by atoms with E-state index in [-0.39, 0.29) is 0 Å². The van der Waals surface area contributed by atoms with E-state index in [0.717, 1.165) is 34.1 Å². The topological polar surface area (TPSA) is 43.6 Å². The molecule has 0 saturated carbocycles. The first-order valence-electron chi connectivity index (χ1n) is 5.28. The Morgan fingerprint density at radius 2 is 2.06 bits per heavy atom. The second-order valence-corrected chi connectivity index (χ2v) is 4.91. The number of nitrogens with zero attached hydrogens (tertiary/aromatic N) is 4. The van der Waals surface area contributed by atoms with Gasteiger partial charge < -0.3 is 0 Å². The van der Waals surface area contributed by atoms with Crippen molar-refractivity contribution in [3.05, 3.63) is 32.9 Å². The SMILES string of the molecule is CCc1nc(Br)cc(-n2nc(C)c(Cl)c2C)n1. The summed E-state index contributed by atoms with van der Waals surface area (Å²) in [6.45, 7) is 5.81. The fourth-order valence-corrected chi connectivity index (χ4v) is 2.09. The molecule has 2 heterocycles. The minimum atomic E-state index is 0.679. The third-order valence-corrected chi connectivity index (χ3v) is 3.42. The van der Waals surface area contributed by atoms with Gasteiger partial charge in [0.05, 0.1) is 16.4 Å². The van der Waals surface area contributed by atoms with Gasteiger partial charge in [0, 0.05) is 12.5 Å². The summed E-state index contributed by atoms with van der Waals surface area (Å²) in [6.07, 6.45) is 0.777. The predicted octanol–water partition coefficient (Wildman–Crippen LogP) is 3.26. The minimum absolute atomic E-state index is 0.679. The van der Waals surface area contributed by atoms with E-state index in [1.807, 2.05) is 26.8 Å². The molecule has 4 nitrogen and oxygen atoms in total. The van der Waals surface area contributed by atoms with Crippen molar-refractivity contribution in [1.29, 1.82) is 0 Å². The highest BCUT2D eigenvalue weighted by atomic mass is 79.9. The van der Waals surface area contributed by atoms with E-state index in [4.69, 9.17) is 11.6 Å². The molecule has 17 heavy (non-hydrogen) atoms. The lowest BCUT2D eigenvalue weighted by Crippen LogP contribution is -2.05. The lowest BCUT2D eigenvalue weighted by atomic mass is 10.4. The summed E-state index contributed by atoms with van der Waals surface area (Å²) in [4.78, 5) is 8.71. The quantitative estimate of drug-likeness (QED) is 0.799. The molecule has 0 N–H and O–H groups in total. The van der Waals surface area contributed by atoms with Crippen LogP contribution < -0.4 is 0 Å². The molecule has 6 heteroatoms. The minimum Gasteiger partial charge on any atom is -0.226 e. The maximum absolute atomic E-state index is 6.12. The summed E-state index contributed by atoms with van der Waals surface area (Å²) >= 11 is 9.50. The normalized spacial score (nSPS) is 10.9. The fourth-order valence-electron chi connectivity index (χ4n) is 1.56. The number of aryl methyl sites for hydroxylation is 2. The van der Waals surface area contributed by atoms with Crippen molar-refractivity contribution >= 4 is 27.5 Å². The molecule has 0 aliphatic carbocycles. The highest BCUT2D eigenvalue weighted by Crippen LogP contribution is 2.22. The number of hydrogen-bond acceptors (Lipinski definition) is 3. The van der Waals surface area contributed by atoms with Gasteiger partial charge in [-0.25, -0.2) is 14.6 Å².